The average molecular weight is 322 g/mol. The molecule has 0 radical (unpaired) electrons. The molecule has 0 amide bonds. The van der Waals surface area contributed by atoms with Gasteiger partial charge in [-0.15, -0.1) is 5.10 Å². The quantitative estimate of drug-likeness (QED) is 0.699. The smallest absolute Gasteiger partial charge is 0.165 e. The van der Waals surface area contributed by atoms with Gasteiger partial charge in [0.15, 0.2) is 5.82 Å². The lowest BCUT2D eigenvalue weighted by Crippen LogP contribution is -2.23. The number of rotatable bonds is 8. The van der Waals surface area contributed by atoms with Gasteiger partial charge in [-0.3, -0.25) is 4.90 Å². The number of hydrogen-bond acceptors (Lipinski definition) is 5. The number of nitrogens with zero attached hydrogens (tertiary/aromatic N) is 5. The van der Waals surface area contributed by atoms with Crippen molar-refractivity contribution in [2.45, 2.75) is 31.8 Å². The molecule has 0 bridgehead atoms. The third kappa shape index (κ3) is 4.18. The summed E-state index contributed by atoms with van der Waals surface area (Å²) in [5.74, 6) is 1.80. The molecule has 0 aliphatic heterocycles. The van der Waals surface area contributed by atoms with Crippen LogP contribution >= 0.6 is 11.6 Å². The van der Waals surface area contributed by atoms with Gasteiger partial charge >= 0.3 is 0 Å². The first-order chi connectivity index (χ1) is 10.7. The molecule has 3 rings (SSSR count). The largest absolute Gasteiger partial charge is 0.494 e. The fourth-order valence-corrected chi connectivity index (χ4v) is 2.42. The molecular weight excluding hydrogens is 302 g/mol. The van der Waals surface area contributed by atoms with E-state index in [1.54, 1.807) is 0 Å². The van der Waals surface area contributed by atoms with Crippen molar-refractivity contribution in [3.8, 4) is 5.75 Å². The van der Waals surface area contributed by atoms with E-state index < -0.39 is 0 Å². The summed E-state index contributed by atoms with van der Waals surface area (Å²) >= 11 is 5.84. The van der Waals surface area contributed by atoms with E-state index in [1.165, 1.54) is 12.8 Å². The van der Waals surface area contributed by atoms with Gasteiger partial charge in [-0.25, -0.2) is 4.68 Å². The van der Waals surface area contributed by atoms with E-state index in [-0.39, 0.29) is 0 Å². The van der Waals surface area contributed by atoms with Crippen LogP contribution in [0.25, 0.3) is 0 Å². The van der Waals surface area contributed by atoms with Gasteiger partial charge in [0.1, 0.15) is 5.75 Å². The molecule has 118 valence electrons. The maximum absolute atomic E-state index is 5.84. The maximum Gasteiger partial charge on any atom is 0.165 e. The van der Waals surface area contributed by atoms with E-state index in [1.807, 2.05) is 28.9 Å². The molecule has 1 aromatic carbocycles. The normalized spacial score (nSPS) is 14.5. The van der Waals surface area contributed by atoms with Crippen molar-refractivity contribution >= 4 is 11.6 Å². The number of benzene rings is 1. The summed E-state index contributed by atoms with van der Waals surface area (Å²) in [7, 11) is 2.08. The molecule has 1 saturated carbocycles. The Morgan fingerprint density at radius 3 is 2.82 bits per heavy atom. The second kappa shape index (κ2) is 7.07. The summed E-state index contributed by atoms with van der Waals surface area (Å²) in [6.45, 7) is 2.38. The number of halogens is 1. The molecule has 0 unspecified atom stereocenters. The molecule has 2 aromatic rings. The van der Waals surface area contributed by atoms with Crippen LogP contribution in [-0.4, -0.2) is 45.3 Å². The molecule has 1 aliphatic rings. The van der Waals surface area contributed by atoms with Crippen molar-refractivity contribution in [3.05, 3.63) is 35.1 Å². The Hall–Kier alpha value is -1.66. The molecule has 1 fully saturated rings. The first-order valence-electron chi connectivity index (χ1n) is 7.56. The highest BCUT2D eigenvalue weighted by molar-refractivity contribution is 6.30. The van der Waals surface area contributed by atoms with Crippen molar-refractivity contribution in [2.75, 3.05) is 20.2 Å². The van der Waals surface area contributed by atoms with Gasteiger partial charge in [0.2, 0.25) is 0 Å². The minimum absolute atomic E-state index is 0.520. The van der Waals surface area contributed by atoms with E-state index in [4.69, 9.17) is 16.3 Å². The van der Waals surface area contributed by atoms with Crippen molar-refractivity contribution in [1.29, 1.82) is 0 Å². The topological polar surface area (TPSA) is 56.1 Å². The zero-order valence-electron chi connectivity index (χ0n) is 12.7. The Morgan fingerprint density at radius 1 is 1.32 bits per heavy atom. The van der Waals surface area contributed by atoms with Gasteiger partial charge in [0, 0.05) is 11.6 Å². The Bertz CT molecular complexity index is 596. The van der Waals surface area contributed by atoms with Gasteiger partial charge in [-0.05, 0) is 61.0 Å². The monoisotopic (exact) mass is 321 g/mol. The number of aromatic nitrogens is 4. The first kappa shape index (κ1) is 15.2. The highest BCUT2D eigenvalue weighted by Gasteiger charge is 2.27. The number of tetrazole rings is 1. The van der Waals surface area contributed by atoms with Crippen molar-refractivity contribution in [1.82, 2.24) is 25.1 Å². The third-order valence-electron chi connectivity index (χ3n) is 3.63. The summed E-state index contributed by atoms with van der Waals surface area (Å²) in [6, 6.07) is 7.96. The Morgan fingerprint density at radius 2 is 2.09 bits per heavy atom. The number of ether oxygens (including phenoxy) is 1. The second-order valence-electron chi connectivity index (χ2n) is 5.66. The zero-order valence-corrected chi connectivity index (χ0v) is 13.4. The Balaban J connectivity index is 1.38. The molecule has 22 heavy (non-hydrogen) atoms. The van der Waals surface area contributed by atoms with Crippen LogP contribution in [-0.2, 0) is 6.54 Å². The standard InChI is InChI=1S/C15H20ClN5O/c1-20(11-15-17-18-19-21(15)13-5-6-13)9-2-10-22-14-7-3-12(16)4-8-14/h3-4,7-8,13H,2,5-6,9-11H2,1H3. The van der Waals surface area contributed by atoms with Crippen molar-refractivity contribution < 1.29 is 4.74 Å². The Labute approximate surface area is 135 Å². The summed E-state index contributed by atoms with van der Waals surface area (Å²) in [4.78, 5) is 2.22. The highest BCUT2D eigenvalue weighted by Crippen LogP contribution is 2.34. The predicted octanol–water partition coefficient (Wildman–Crippen LogP) is 2.56. The van der Waals surface area contributed by atoms with E-state index in [2.05, 4.69) is 27.5 Å². The van der Waals surface area contributed by atoms with Gasteiger partial charge < -0.3 is 4.74 Å². The fourth-order valence-electron chi connectivity index (χ4n) is 2.29. The zero-order chi connectivity index (χ0) is 15.4. The molecule has 1 aromatic heterocycles. The van der Waals surface area contributed by atoms with Crippen LogP contribution in [0.5, 0.6) is 5.75 Å². The second-order valence-corrected chi connectivity index (χ2v) is 6.10. The maximum atomic E-state index is 5.84. The van der Waals surface area contributed by atoms with Crippen molar-refractivity contribution in [2.24, 2.45) is 0 Å². The average Bonchev–Trinajstić information content (AvgIpc) is 3.26. The van der Waals surface area contributed by atoms with Crippen LogP contribution in [0.4, 0.5) is 0 Å². The van der Waals surface area contributed by atoms with Gasteiger partial charge in [-0.1, -0.05) is 11.6 Å². The van der Waals surface area contributed by atoms with Crippen LogP contribution in [0.3, 0.4) is 0 Å². The predicted molar refractivity (Wildman–Crippen MR) is 84.0 cm³/mol. The van der Waals surface area contributed by atoms with Crippen LogP contribution in [0.1, 0.15) is 31.1 Å². The van der Waals surface area contributed by atoms with E-state index in [0.717, 1.165) is 36.1 Å². The van der Waals surface area contributed by atoms with Crippen LogP contribution in [0.15, 0.2) is 24.3 Å². The van der Waals surface area contributed by atoms with E-state index in [0.29, 0.717) is 12.6 Å². The van der Waals surface area contributed by atoms with E-state index >= 15 is 0 Å². The minimum Gasteiger partial charge on any atom is -0.494 e. The molecular formula is C15H20ClN5O. The minimum atomic E-state index is 0.520. The van der Waals surface area contributed by atoms with Gasteiger partial charge in [-0.2, -0.15) is 0 Å². The SMILES string of the molecule is CN(CCCOc1ccc(Cl)cc1)Cc1nnnn1C1CC1. The lowest BCUT2D eigenvalue weighted by Gasteiger charge is -2.16. The summed E-state index contributed by atoms with van der Waals surface area (Å²) in [5.41, 5.74) is 0. The number of hydrogen-bond donors (Lipinski definition) is 0. The van der Waals surface area contributed by atoms with Crippen molar-refractivity contribution in [3.63, 3.8) is 0 Å². The molecule has 6 nitrogen and oxygen atoms in total. The molecule has 7 heteroatoms. The molecule has 1 aliphatic carbocycles. The summed E-state index contributed by atoms with van der Waals surface area (Å²) in [5, 5.41) is 12.7. The van der Waals surface area contributed by atoms with Crippen LogP contribution in [0.2, 0.25) is 5.02 Å². The first-order valence-corrected chi connectivity index (χ1v) is 7.94. The lowest BCUT2D eigenvalue weighted by atomic mass is 10.3. The summed E-state index contributed by atoms with van der Waals surface area (Å²) in [6.07, 6.45) is 3.33. The van der Waals surface area contributed by atoms with Gasteiger partial charge in [0.05, 0.1) is 19.2 Å². The van der Waals surface area contributed by atoms with Crippen LogP contribution in [0, 0.1) is 0 Å². The molecule has 1 heterocycles. The highest BCUT2D eigenvalue weighted by atomic mass is 35.5. The molecule has 0 saturated heterocycles. The lowest BCUT2D eigenvalue weighted by molar-refractivity contribution is 0.253. The van der Waals surface area contributed by atoms with E-state index in [9.17, 15) is 0 Å². The Kier molecular flexibility index (Phi) is 4.90. The molecule has 0 atom stereocenters. The molecule has 0 spiro atoms. The molecule has 0 N–H and O–H groups in total. The van der Waals surface area contributed by atoms with Gasteiger partial charge in [0.25, 0.3) is 0 Å². The fraction of sp³-hybridized carbons (Fsp3) is 0.533. The third-order valence-corrected chi connectivity index (χ3v) is 3.88. The van der Waals surface area contributed by atoms with Crippen LogP contribution < -0.4 is 4.74 Å². The summed E-state index contributed by atoms with van der Waals surface area (Å²) < 4.78 is 7.65.